The number of imide groups is 1. The summed E-state index contributed by atoms with van der Waals surface area (Å²) < 4.78 is 13.7. The van der Waals surface area contributed by atoms with Gasteiger partial charge in [-0.25, -0.2) is 9.18 Å². The van der Waals surface area contributed by atoms with Crippen LogP contribution in [-0.2, 0) is 15.1 Å². The lowest BCUT2D eigenvalue weighted by molar-refractivity contribution is -0.133. The number of rotatable bonds is 5. The molecule has 0 unspecified atom stereocenters. The number of halogens is 1. The molecule has 0 aromatic heterocycles. The van der Waals surface area contributed by atoms with E-state index in [1.54, 1.807) is 25.1 Å². The van der Waals surface area contributed by atoms with Crippen LogP contribution in [0.25, 0.3) is 0 Å². The van der Waals surface area contributed by atoms with Gasteiger partial charge >= 0.3 is 6.03 Å². The molecule has 1 aliphatic heterocycles. The molecule has 2 aromatic carbocycles. The van der Waals surface area contributed by atoms with Gasteiger partial charge in [0.2, 0.25) is 5.91 Å². The summed E-state index contributed by atoms with van der Waals surface area (Å²) in [5, 5.41) is 5.04. The van der Waals surface area contributed by atoms with Crippen LogP contribution in [0.3, 0.4) is 0 Å². The van der Waals surface area contributed by atoms with Crippen LogP contribution >= 0.6 is 0 Å². The number of para-hydroxylation sites is 1. The van der Waals surface area contributed by atoms with Gasteiger partial charge in [0, 0.05) is 0 Å². The van der Waals surface area contributed by atoms with E-state index < -0.39 is 35.7 Å². The van der Waals surface area contributed by atoms with Crippen molar-refractivity contribution in [2.45, 2.75) is 32.2 Å². The van der Waals surface area contributed by atoms with E-state index >= 15 is 0 Å². The molecule has 1 heterocycles. The normalized spacial score (nSPS) is 19.1. The van der Waals surface area contributed by atoms with Gasteiger partial charge in [-0.3, -0.25) is 14.5 Å². The van der Waals surface area contributed by atoms with E-state index in [-0.39, 0.29) is 5.69 Å². The Hall–Kier alpha value is -3.22. The second-order valence-electron chi connectivity index (χ2n) is 7.25. The van der Waals surface area contributed by atoms with Gasteiger partial charge in [0.25, 0.3) is 5.91 Å². The van der Waals surface area contributed by atoms with E-state index in [4.69, 9.17) is 0 Å². The van der Waals surface area contributed by atoms with Gasteiger partial charge in [-0.2, -0.15) is 0 Å². The van der Waals surface area contributed by atoms with Crippen LogP contribution in [0.2, 0.25) is 0 Å². The number of hydrogen-bond acceptors (Lipinski definition) is 3. The molecule has 1 aliphatic rings. The highest BCUT2D eigenvalue weighted by Crippen LogP contribution is 2.30. The quantitative estimate of drug-likeness (QED) is 0.777. The average molecular weight is 383 g/mol. The minimum Gasteiger partial charge on any atom is -0.322 e. The number of hydrogen-bond donors (Lipinski definition) is 2. The molecule has 6 nitrogen and oxygen atoms in total. The van der Waals surface area contributed by atoms with E-state index in [9.17, 15) is 18.8 Å². The van der Waals surface area contributed by atoms with Crippen molar-refractivity contribution in [3.05, 3.63) is 65.5 Å². The lowest BCUT2D eigenvalue weighted by Gasteiger charge is -2.22. The minimum atomic E-state index is -1.26. The van der Waals surface area contributed by atoms with Crippen molar-refractivity contribution in [3.63, 3.8) is 0 Å². The summed E-state index contributed by atoms with van der Waals surface area (Å²) in [4.78, 5) is 38.3. The molecule has 0 spiro atoms. The maximum absolute atomic E-state index is 13.7. The molecule has 2 aromatic rings. The van der Waals surface area contributed by atoms with Crippen molar-refractivity contribution < 1.29 is 18.8 Å². The Balaban J connectivity index is 1.75. The third-order valence-electron chi connectivity index (χ3n) is 4.88. The predicted octanol–water partition coefficient (Wildman–Crippen LogP) is 3.35. The number of nitrogens with one attached hydrogen (secondary N) is 2. The Labute approximate surface area is 162 Å². The van der Waals surface area contributed by atoms with Crippen molar-refractivity contribution >= 4 is 23.5 Å². The van der Waals surface area contributed by atoms with Crippen LogP contribution in [0, 0.1) is 5.82 Å². The van der Waals surface area contributed by atoms with Gasteiger partial charge in [-0.1, -0.05) is 50.2 Å². The number of carbonyl (C=O) groups is 3. The maximum atomic E-state index is 13.7. The van der Waals surface area contributed by atoms with Crippen molar-refractivity contribution in [1.82, 2.24) is 10.2 Å². The van der Waals surface area contributed by atoms with Gasteiger partial charge < -0.3 is 10.6 Å². The highest BCUT2D eigenvalue weighted by atomic mass is 19.1. The Morgan fingerprint density at radius 2 is 1.79 bits per heavy atom. The van der Waals surface area contributed by atoms with Gasteiger partial charge in [0.1, 0.15) is 17.9 Å². The monoisotopic (exact) mass is 383 g/mol. The van der Waals surface area contributed by atoms with E-state index in [1.807, 2.05) is 12.1 Å². The summed E-state index contributed by atoms with van der Waals surface area (Å²) in [5.41, 5.74) is 0.481. The van der Waals surface area contributed by atoms with Gasteiger partial charge in [-0.15, -0.1) is 0 Å². The summed E-state index contributed by atoms with van der Waals surface area (Å²) in [6.07, 6.45) is 0. The molecule has 4 amide bonds. The Morgan fingerprint density at radius 1 is 1.14 bits per heavy atom. The van der Waals surface area contributed by atoms with Crippen molar-refractivity contribution in [2.75, 3.05) is 11.9 Å². The number of urea groups is 1. The molecule has 1 fully saturated rings. The van der Waals surface area contributed by atoms with Gasteiger partial charge in [-0.05, 0) is 36.1 Å². The molecule has 7 heteroatoms. The molecule has 1 saturated heterocycles. The number of nitrogens with zero attached hydrogens (tertiary/aromatic N) is 1. The first-order valence-electron chi connectivity index (χ1n) is 9.01. The first-order chi connectivity index (χ1) is 13.2. The van der Waals surface area contributed by atoms with Crippen LogP contribution in [-0.4, -0.2) is 29.3 Å². The van der Waals surface area contributed by atoms with Crippen LogP contribution in [0.5, 0.6) is 0 Å². The van der Waals surface area contributed by atoms with Crippen molar-refractivity contribution in [2.24, 2.45) is 0 Å². The van der Waals surface area contributed by atoms with Crippen LogP contribution < -0.4 is 10.6 Å². The Kier molecular flexibility index (Phi) is 5.18. The standard InChI is InChI=1S/C21H22FN3O3/c1-13(2)14-8-10-15(11-9-14)21(3)19(27)25(20(28)24-21)12-18(26)23-17-7-5-4-6-16(17)22/h4-11,13H,12H2,1-3H3,(H,23,26)(H,24,28)/t21-/m1/s1. The van der Waals surface area contributed by atoms with Crippen LogP contribution in [0.1, 0.15) is 37.8 Å². The molecule has 0 bridgehead atoms. The molecule has 146 valence electrons. The lowest BCUT2D eigenvalue weighted by atomic mass is 9.90. The average Bonchev–Trinajstić information content (AvgIpc) is 2.88. The molecule has 0 aliphatic carbocycles. The molecule has 1 atom stereocenters. The van der Waals surface area contributed by atoms with Gasteiger partial charge in [0.15, 0.2) is 0 Å². The lowest BCUT2D eigenvalue weighted by Crippen LogP contribution is -2.42. The van der Waals surface area contributed by atoms with Crippen LogP contribution in [0.15, 0.2) is 48.5 Å². The first kappa shape index (κ1) is 19.5. The Bertz CT molecular complexity index is 927. The summed E-state index contributed by atoms with van der Waals surface area (Å²) in [6, 6.07) is 12.5. The van der Waals surface area contributed by atoms with Crippen LogP contribution in [0.4, 0.5) is 14.9 Å². The molecule has 0 radical (unpaired) electrons. The third-order valence-corrected chi connectivity index (χ3v) is 4.88. The second kappa shape index (κ2) is 7.42. The molecular formula is C21H22FN3O3. The largest absolute Gasteiger partial charge is 0.325 e. The fourth-order valence-corrected chi connectivity index (χ4v) is 3.13. The Morgan fingerprint density at radius 3 is 2.39 bits per heavy atom. The van der Waals surface area contributed by atoms with Crippen molar-refractivity contribution in [1.29, 1.82) is 0 Å². The summed E-state index contributed by atoms with van der Waals surface area (Å²) >= 11 is 0. The molecule has 28 heavy (non-hydrogen) atoms. The maximum Gasteiger partial charge on any atom is 0.325 e. The molecule has 3 rings (SSSR count). The number of amides is 4. The number of carbonyl (C=O) groups excluding carboxylic acids is 3. The second-order valence-corrected chi connectivity index (χ2v) is 7.25. The SMILES string of the molecule is CC(C)c1ccc([C@@]2(C)NC(=O)N(CC(=O)Nc3ccccc3F)C2=O)cc1. The van der Waals surface area contributed by atoms with E-state index in [0.29, 0.717) is 11.5 Å². The summed E-state index contributed by atoms with van der Waals surface area (Å²) in [5.74, 6) is -1.44. The van der Waals surface area contributed by atoms with E-state index in [0.717, 1.165) is 10.5 Å². The highest BCUT2D eigenvalue weighted by Gasteiger charge is 2.49. The number of benzene rings is 2. The molecule has 2 N–H and O–H groups in total. The topological polar surface area (TPSA) is 78.5 Å². The zero-order valence-corrected chi connectivity index (χ0v) is 16.0. The zero-order chi connectivity index (χ0) is 20.5. The van der Waals surface area contributed by atoms with Crippen molar-refractivity contribution in [3.8, 4) is 0 Å². The van der Waals surface area contributed by atoms with E-state index in [2.05, 4.69) is 24.5 Å². The fourth-order valence-electron chi connectivity index (χ4n) is 3.13. The predicted molar refractivity (Wildman–Crippen MR) is 103 cm³/mol. The minimum absolute atomic E-state index is 0.00779. The highest BCUT2D eigenvalue weighted by molar-refractivity contribution is 6.10. The zero-order valence-electron chi connectivity index (χ0n) is 16.0. The summed E-state index contributed by atoms with van der Waals surface area (Å²) in [7, 11) is 0. The fraction of sp³-hybridized carbons (Fsp3) is 0.286. The molecular weight excluding hydrogens is 361 g/mol. The third kappa shape index (κ3) is 3.60. The van der Waals surface area contributed by atoms with Gasteiger partial charge in [0.05, 0.1) is 5.69 Å². The molecule has 0 saturated carbocycles. The van der Waals surface area contributed by atoms with E-state index in [1.165, 1.54) is 18.2 Å². The number of anilines is 1. The summed E-state index contributed by atoms with van der Waals surface area (Å²) in [6.45, 7) is 5.23. The smallest absolute Gasteiger partial charge is 0.322 e. The first-order valence-corrected chi connectivity index (χ1v) is 9.01.